The number of carbonyl (C=O) groups is 1. The second kappa shape index (κ2) is 10.9. The van der Waals surface area contributed by atoms with Crippen molar-refractivity contribution in [3.05, 3.63) is 64.7 Å². The zero-order valence-electron chi connectivity index (χ0n) is 18.4. The van der Waals surface area contributed by atoms with Crippen LogP contribution in [0.2, 0.25) is 0 Å². The quantitative estimate of drug-likeness (QED) is 0.553. The fourth-order valence-electron chi connectivity index (χ4n) is 3.35. The fraction of sp³-hybridized carbons (Fsp3) is 0.435. The minimum atomic E-state index is -3.62. The van der Waals surface area contributed by atoms with Crippen LogP contribution in [0.25, 0.3) is 0 Å². The Kier molecular flexibility index (Phi) is 8.79. The van der Waals surface area contributed by atoms with Crippen molar-refractivity contribution in [1.29, 1.82) is 0 Å². The van der Waals surface area contributed by atoms with E-state index in [9.17, 15) is 13.2 Å². The number of hydrogen-bond acceptors (Lipinski definition) is 4. The van der Waals surface area contributed by atoms with Gasteiger partial charge in [-0.2, -0.15) is 11.8 Å². The van der Waals surface area contributed by atoms with Gasteiger partial charge in [-0.15, -0.1) is 0 Å². The Morgan fingerprint density at radius 3 is 2.43 bits per heavy atom. The highest BCUT2D eigenvalue weighted by molar-refractivity contribution is 7.98. The van der Waals surface area contributed by atoms with E-state index in [0.29, 0.717) is 18.7 Å². The normalized spacial score (nSPS) is 12.4. The third kappa shape index (κ3) is 6.77. The van der Waals surface area contributed by atoms with Gasteiger partial charge < -0.3 is 5.32 Å². The maximum atomic E-state index is 12.9. The van der Waals surface area contributed by atoms with Crippen LogP contribution in [-0.4, -0.2) is 38.9 Å². The van der Waals surface area contributed by atoms with Gasteiger partial charge in [-0.3, -0.25) is 9.10 Å². The topological polar surface area (TPSA) is 66.5 Å². The molecule has 2 rings (SSSR count). The second-order valence-electron chi connectivity index (χ2n) is 7.61. The Morgan fingerprint density at radius 2 is 1.80 bits per heavy atom. The highest BCUT2D eigenvalue weighted by Gasteiger charge is 2.32. The number of carbonyl (C=O) groups excluding carboxylic acids is 1. The molecule has 1 N–H and O–H groups in total. The average molecular weight is 449 g/mol. The largest absolute Gasteiger partial charge is 0.353 e. The molecule has 7 heteroatoms. The van der Waals surface area contributed by atoms with Crippen LogP contribution in [0.4, 0.5) is 5.69 Å². The number of benzene rings is 2. The van der Waals surface area contributed by atoms with Gasteiger partial charge in [0.2, 0.25) is 15.9 Å². The molecule has 30 heavy (non-hydrogen) atoms. The number of sulfonamides is 1. The molecule has 0 saturated heterocycles. The third-order valence-corrected chi connectivity index (χ3v) is 7.02. The summed E-state index contributed by atoms with van der Waals surface area (Å²) >= 11 is 1.74. The maximum absolute atomic E-state index is 12.9. The lowest BCUT2D eigenvalue weighted by molar-refractivity contribution is -0.122. The van der Waals surface area contributed by atoms with Gasteiger partial charge in [0.1, 0.15) is 6.04 Å². The fourth-order valence-corrected chi connectivity index (χ4v) is 5.42. The zero-order chi connectivity index (χ0) is 22.3. The van der Waals surface area contributed by atoms with E-state index >= 15 is 0 Å². The van der Waals surface area contributed by atoms with Crippen LogP contribution >= 0.6 is 11.8 Å². The third-order valence-electron chi connectivity index (χ3n) is 4.83. The van der Waals surface area contributed by atoms with Crippen LogP contribution < -0.4 is 9.62 Å². The molecule has 0 saturated carbocycles. The summed E-state index contributed by atoms with van der Waals surface area (Å²) in [6.45, 7) is 8.18. The molecule has 0 radical (unpaired) electrons. The molecule has 1 amide bonds. The summed E-state index contributed by atoms with van der Waals surface area (Å²) < 4.78 is 26.5. The second-order valence-corrected chi connectivity index (χ2v) is 10.6. The lowest BCUT2D eigenvalue weighted by Crippen LogP contribution is -2.50. The van der Waals surface area contributed by atoms with Crippen LogP contribution in [0.3, 0.4) is 0 Å². The summed E-state index contributed by atoms with van der Waals surface area (Å²) in [6.07, 6.45) is 1.55. The van der Waals surface area contributed by atoms with E-state index in [0.717, 1.165) is 28.9 Å². The molecule has 164 valence electrons. The van der Waals surface area contributed by atoms with Gasteiger partial charge in [-0.05, 0) is 49.9 Å². The lowest BCUT2D eigenvalue weighted by Gasteiger charge is -2.31. The molecule has 1 atom stereocenters. The van der Waals surface area contributed by atoms with Crippen molar-refractivity contribution in [2.75, 3.05) is 22.9 Å². The molecule has 2 aromatic rings. The van der Waals surface area contributed by atoms with Crippen LogP contribution in [0.5, 0.6) is 0 Å². The van der Waals surface area contributed by atoms with Crippen molar-refractivity contribution in [2.45, 2.75) is 45.9 Å². The number of amides is 1. The van der Waals surface area contributed by atoms with Crippen molar-refractivity contribution in [2.24, 2.45) is 0 Å². The molecule has 0 spiro atoms. The highest BCUT2D eigenvalue weighted by atomic mass is 32.2. The van der Waals surface area contributed by atoms with Crippen LogP contribution in [0.1, 0.15) is 35.6 Å². The molecule has 0 aliphatic heterocycles. The van der Waals surface area contributed by atoms with E-state index in [1.807, 2.05) is 45.0 Å². The van der Waals surface area contributed by atoms with Crippen LogP contribution in [0.15, 0.2) is 42.5 Å². The monoisotopic (exact) mass is 448 g/mol. The Bertz CT molecular complexity index is 974. The molecule has 0 fully saturated rings. The van der Waals surface area contributed by atoms with Gasteiger partial charge in [0, 0.05) is 18.1 Å². The maximum Gasteiger partial charge on any atom is 0.243 e. The van der Waals surface area contributed by atoms with Gasteiger partial charge in [0.25, 0.3) is 0 Å². The minimum absolute atomic E-state index is 0.264. The van der Waals surface area contributed by atoms with E-state index in [2.05, 4.69) is 30.4 Å². The number of aryl methyl sites for hydroxylation is 3. The first kappa shape index (κ1) is 24.3. The predicted octanol–water partition coefficient (Wildman–Crippen LogP) is 4.21. The van der Waals surface area contributed by atoms with Gasteiger partial charge in [-0.1, -0.05) is 48.9 Å². The SMILES string of the molecule is CCC(C(=O)NCCSCc1cccc(C)c1)N(c1cc(C)ccc1C)S(C)(=O)=O. The van der Waals surface area contributed by atoms with Crippen molar-refractivity contribution < 1.29 is 13.2 Å². The van der Waals surface area contributed by atoms with E-state index in [4.69, 9.17) is 0 Å². The number of nitrogens with zero attached hydrogens (tertiary/aromatic N) is 1. The minimum Gasteiger partial charge on any atom is -0.353 e. The van der Waals surface area contributed by atoms with Crippen LogP contribution in [0, 0.1) is 20.8 Å². The summed E-state index contributed by atoms with van der Waals surface area (Å²) in [5, 5.41) is 2.92. The smallest absolute Gasteiger partial charge is 0.243 e. The van der Waals surface area contributed by atoms with Crippen molar-refractivity contribution in [1.82, 2.24) is 5.32 Å². The number of rotatable bonds is 10. The van der Waals surface area contributed by atoms with Gasteiger partial charge in [0.05, 0.1) is 11.9 Å². The summed E-state index contributed by atoms with van der Waals surface area (Å²) in [4.78, 5) is 12.9. The van der Waals surface area contributed by atoms with E-state index in [1.54, 1.807) is 11.8 Å². The average Bonchev–Trinajstić information content (AvgIpc) is 2.67. The Labute approximate surface area is 185 Å². The highest BCUT2D eigenvalue weighted by Crippen LogP contribution is 2.27. The van der Waals surface area contributed by atoms with Gasteiger partial charge in [0.15, 0.2) is 0 Å². The standard InChI is InChI=1S/C23H32N2O3S2/c1-6-21(25(30(5,27)28)22-15-18(3)10-11-19(22)4)23(26)24-12-13-29-16-20-9-7-8-17(2)14-20/h7-11,14-15,21H,6,12-13,16H2,1-5H3,(H,24,26). The van der Waals surface area contributed by atoms with E-state index < -0.39 is 16.1 Å². The summed E-state index contributed by atoms with van der Waals surface area (Å²) in [6, 6.07) is 13.2. The first-order valence-electron chi connectivity index (χ1n) is 10.1. The van der Waals surface area contributed by atoms with E-state index in [-0.39, 0.29) is 5.91 Å². The number of hydrogen-bond donors (Lipinski definition) is 1. The van der Waals surface area contributed by atoms with Crippen LogP contribution in [-0.2, 0) is 20.6 Å². The van der Waals surface area contributed by atoms with Gasteiger partial charge in [-0.25, -0.2) is 8.42 Å². The lowest BCUT2D eigenvalue weighted by atomic mass is 10.1. The molecule has 2 aromatic carbocycles. The Balaban J connectivity index is 2.02. The summed E-state index contributed by atoms with van der Waals surface area (Å²) in [7, 11) is -3.62. The van der Waals surface area contributed by atoms with Crippen molar-refractivity contribution in [3.8, 4) is 0 Å². The number of anilines is 1. The molecule has 0 aromatic heterocycles. The summed E-state index contributed by atoms with van der Waals surface area (Å²) in [5.74, 6) is 1.38. The Hall–Kier alpha value is -1.99. The number of nitrogens with one attached hydrogen (secondary N) is 1. The molecule has 0 aliphatic rings. The number of thioether (sulfide) groups is 1. The van der Waals surface area contributed by atoms with Crippen molar-refractivity contribution >= 4 is 33.4 Å². The van der Waals surface area contributed by atoms with Gasteiger partial charge >= 0.3 is 0 Å². The molecule has 1 unspecified atom stereocenters. The van der Waals surface area contributed by atoms with E-state index in [1.165, 1.54) is 15.4 Å². The molecular formula is C23H32N2O3S2. The zero-order valence-corrected chi connectivity index (χ0v) is 20.1. The molecule has 0 aliphatic carbocycles. The Morgan fingerprint density at radius 1 is 1.10 bits per heavy atom. The summed E-state index contributed by atoms with van der Waals surface area (Å²) in [5.41, 5.74) is 4.84. The molecule has 0 heterocycles. The molecule has 5 nitrogen and oxygen atoms in total. The molecular weight excluding hydrogens is 416 g/mol. The predicted molar refractivity (Wildman–Crippen MR) is 128 cm³/mol. The van der Waals surface area contributed by atoms with Crippen molar-refractivity contribution in [3.63, 3.8) is 0 Å². The molecule has 0 bridgehead atoms. The first-order valence-corrected chi connectivity index (χ1v) is 13.1. The first-order chi connectivity index (χ1) is 14.1.